The van der Waals surface area contributed by atoms with Crippen molar-refractivity contribution >= 4 is 17.4 Å². The number of hydrogen-bond acceptors (Lipinski definition) is 3. The van der Waals surface area contributed by atoms with Crippen molar-refractivity contribution in [3.63, 3.8) is 0 Å². The van der Waals surface area contributed by atoms with Crippen molar-refractivity contribution in [3.8, 4) is 0 Å². The minimum absolute atomic E-state index is 0.281. The van der Waals surface area contributed by atoms with E-state index in [1.165, 1.54) is 30.5 Å². The minimum Gasteiger partial charge on any atom is -0.373 e. The van der Waals surface area contributed by atoms with Gasteiger partial charge in [0.05, 0.1) is 5.56 Å². The molecule has 4 nitrogen and oxygen atoms in total. The number of carbonyl (C=O) groups is 1. The van der Waals surface area contributed by atoms with Crippen LogP contribution in [0, 0.1) is 5.82 Å². The van der Waals surface area contributed by atoms with E-state index in [1.54, 1.807) is 19.2 Å². The fraction of sp³-hybridized carbons (Fsp3) is 0.0769. The van der Waals surface area contributed by atoms with Gasteiger partial charge in [-0.25, -0.2) is 9.37 Å². The minimum atomic E-state index is -0.340. The second-order valence-corrected chi connectivity index (χ2v) is 3.64. The zero-order valence-electron chi connectivity index (χ0n) is 9.77. The van der Waals surface area contributed by atoms with E-state index in [0.29, 0.717) is 17.1 Å². The topological polar surface area (TPSA) is 54.0 Å². The summed E-state index contributed by atoms with van der Waals surface area (Å²) in [5.74, 6) is 0.0677. The number of amides is 1. The Morgan fingerprint density at radius 3 is 2.44 bits per heavy atom. The van der Waals surface area contributed by atoms with Crippen LogP contribution in [-0.2, 0) is 0 Å². The first kappa shape index (κ1) is 12.0. The number of carbonyl (C=O) groups excluding carboxylic acids is 1. The molecule has 5 heteroatoms. The Hall–Kier alpha value is -2.43. The molecule has 1 amide bonds. The third kappa shape index (κ3) is 2.82. The number of nitrogens with zero attached hydrogens (tertiary/aromatic N) is 1. The molecule has 2 N–H and O–H groups in total. The van der Waals surface area contributed by atoms with Gasteiger partial charge in [0.2, 0.25) is 0 Å². The summed E-state index contributed by atoms with van der Waals surface area (Å²) in [6, 6.07) is 8.96. The lowest BCUT2D eigenvalue weighted by Gasteiger charge is -2.05. The van der Waals surface area contributed by atoms with Crippen LogP contribution in [0.5, 0.6) is 0 Å². The Morgan fingerprint density at radius 1 is 1.17 bits per heavy atom. The molecule has 0 unspecified atom stereocenters. The zero-order valence-corrected chi connectivity index (χ0v) is 9.77. The van der Waals surface area contributed by atoms with Crippen LogP contribution in [0.3, 0.4) is 0 Å². The molecule has 92 valence electrons. The summed E-state index contributed by atoms with van der Waals surface area (Å²) in [5, 5.41) is 5.52. The van der Waals surface area contributed by atoms with Crippen molar-refractivity contribution in [1.82, 2.24) is 4.98 Å². The smallest absolute Gasteiger partial charge is 0.257 e. The molecule has 0 atom stereocenters. The summed E-state index contributed by atoms with van der Waals surface area (Å²) >= 11 is 0. The number of nitrogens with one attached hydrogen (secondary N) is 2. The maximum absolute atomic E-state index is 12.7. The van der Waals surface area contributed by atoms with Crippen LogP contribution in [0.1, 0.15) is 10.4 Å². The molecule has 0 saturated heterocycles. The largest absolute Gasteiger partial charge is 0.373 e. The second-order valence-electron chi connectivity index (χ2n) is 3.64. The van der Waals surface area contributed by atoms with Gasteiger partial charge in [0, 0.05) is 18.9 Å². The fourth-order valence-corrected chi connectivity index (χ4v) is 1.41. The molecule has 1 heterocycles. The lowest BCUT2D eigenvalue weighted by Crippen LogP contribution is -2.12. The predicted octanol–water partition coefficient (Wildman–Crippen LogP) is 2.51. The van der Waals surface area contributed by atoms with E-state index in [-0.39, 0.29) is 11.7 Å². The molecule has 0 aliphatic carbocycles. The number of pyridine rings is 1. The summed E-state index contributed by atoms with van der Waals surface area (Å²) in [6.07, 6.45) is 1.48. The quantitative estimate of drug-likeness (QED) is 0.873. The Kier molecular flexibility index (Phi) is 3.52. The molecule has 2 rings (SSSR count). The predicted molar refractivity (Wildman–Crippen MR) is 68.1 cm³/mol. The van der Waals surface area contributed by atoms with Crippen LogP contribution < -0.4 is 10.6 Å². The Labute approximate surface area is 104 Å². The van der Waals surface area contributed by atoms with E-state index in [1.807, 2.05) is 0 Å². The Balaban J connectivity index is 2.09. The number of hydrogen-bond donors (Lipinski definition) is 2. The summed E-state index contributed by atoms with van der Waals surface area (Å²) in [6.45, 7) is 0. The SMILES string of the molecule is CNc1ccc(C(=O)Nc2ccc(F)cc2)cn1. The number of anilines is 2. The highest BCUT2D eigenvalue weighted by Crippen LogP contribution is 2.11. The molecule has 0 bridgehead atoms. The van der Waals surface area contributed by atoms with Gasteiger partial charge < -0.3 is 10.6 Å². The van der Waals surface area contributed by atoms with E-state index >= 15 is 0 Å². The highest BCUT2D eigenvalue weighted by atomic mass is 19.1. The molecule has 0 saturated carbocycles. The van der Waals surface area contributed by atoms with Crippen LogP contribution in [0.25, 0.3) is 0 Å². The van der Waals surface area contributed by atoms with Gasteiger partial charge in [-0.1, -0.05) is 0 Å². The van der Waals surface area contributed by atoms with Crippen molar-refractivity contribution in [2.45, 2.75) is 0 Å². The second kappa shape index (κ2) is 5.27. The van der Waals surface area contributed by atoms with E-state index in [2.05, 4.69) is 15.6 Å². The first-order valence-electron chi connectivity index (χ1n) is 5.40. The molecule has 1 aromatic carbocycles. The third-order valence-corrected chi connectivity index (χ3v) is 2.38. The van der Waals surface area contributed by atoms with Gasteiger partial charge in [-0.15, -0.1) is 0 Å². The molecule has 18 heavy (non-hydrogen) atoms. The van der Waals surface area contributed by atoms with Gasteiger partial charge in [-0.2, -0.15) is 0 Å². The molecular formula is C13H12FN3O. The van der Waals surface area contributed by atoms with Gasteiger partial charge in [-0.05, 0) is 36.4 Å². The first-order valence-corrected chi connectivity index (χ1v) is 5.40. The highest BCUT2D eigenvalue weighted by Gasteiger charge is 2.06. The molecule has 0 aliphatic heterocycles. The summed E-state index contributed by atoms with van der Waals surface area (Å²) in [7, 11) is 1.75. The van der Waals surface area contributed by atoms with Crippen LogP contribution in [0.4, 0.5) is 15.9 Å². The van der Waals surface area contributed by atoms with Crippen LogP contribution in [0.15, 0.2) is 42.6 Å². The summed E-state index contributed by atoms with van der Waals surface area (Å²) in [4.78, 5) is 15.9. The average molecular weight is 245 g/mol. The molecule has 1 aromatic heterocycles. The molecule has 2 aromatic rings. The van der Waals surface area contributed by atoms with Crippen LogP contribution in [0.2, 0.25) is 0 Å². The standard InChI is InChI=1S/C13H12FN3O/c1-15-12-7-2-9(8-16-12)13(18)17-11-5-3-10(14)4-6-11/h2-8H,1H3,(H,15,16)(H,17,18). The number of halogens is 1. The maximum Gasteiger partial charge on any atom is 0.257 e. The van der Waals surface area contributed by atoms with E-state index in [9.17, 15) is 9.18 Å². The van der Waals surface area contributed by atoms with Crippen molar-refractivity contribution in [1.29, 1.82) is 0 Å². The summed E-state index contributed by atoms with van der Waals surface area (Å²) in [5.41, 5.74) is 0.984. The lowest BCUT2D eigenvalue weighted by molar-refractivity contribution is 0.102. The van der Waals surface area contributed by atoms with E-state index in [0.717, 1.165) is 0 Å². The van der Waals surface area contributed by atoms with Crippen molar-refractivity contribution in [3.05, 3.63) is 54.0 Å². The van der Waals surface area contributed by atoms with E-state index < -0.39 is 0 Å². The average Bonchev–Trinajstić information content (AvgIpc) is 2.41. The summed E-state index contributed by atoms with van der Waals surface area (Å²) < 4.78 is 12.7. The van der Waals surface area contributed by atoms with Gasteiger partial charge in [0.15, 0.2) is 0 Å². The van der Waals surface area contributed by atoms with Gasteiger partial charge in [-0.3, -0.25) is 4.79 Å². The monoisotopic (exact) mass is 245 g/mol. The molecule has 0 spiro atoms. The van der Waals surface area contributed by atoms with Gasteiger partial charge in [0.1, 0.15) is 11.6 Å². The zero-order chi connectivity index (χ0) is 13.0. The maximum atomic E-state index is 12.7. The van der Waals surface area contributed by atoms with Gasteiger partial charge in [0.25, 0.3) is 5.91 Å². The van der Waals surface area contributed by atoms with Gasteiger partial charge >= 0.3 is 0 Å². The third-order valence-electron chi connectivity index (χ3n) is 2.38. The number of benzene rings is 1. The van der Waals surface area contributed by atoms with Crippen LogP contribution >= 0.6 is 0 Å². The Bertz CT molecular complexity index is 537. The molecule has 0 radical (unpaired) electrons. The van der Waals surface area contributed by atoms with Crippen molar-refractivity contribution in [2.75, 3.05) is 17.7 Å². The normalized spacial score (nSPS) is 9.89. The molecular weight excluding hydrogens is 233 g/mol. The highest BCUT2D eigenvalue weighted by molar-refractivity contribution is 6.04. The first-order chi connectivity index (χ1) is 8.69. The number of rotatable bonds is 3. The van der Waals surface area contributed by atoms with Crippen molar-refractivity contribution in [2.24, 2.45) is 0 Å². The number of aromatic nitrogens is 1. The van der Waals surface area contributed by atoms with Crippen LogP contribution in [-0.4, -0.2) is 17.9 Å². The van der Waals surface area contributed by atoms with Crippen molar-refractivity contribution < 1.29 is 9.18 Å². The molecule has 0 fully saturated rings. The van der Waals surface area contributed by atoms with E-state index in [4.69, 9.17) is 0 Å². The molecule has 0 aliphatic rings. The Morgan fingerprint density at radius 2 is 1.89 bits per heavy atom. The lowest BCUT2D eigenvalue weighted by atomic mass is 10.2. The fourth-order valence-electron chi connectivity index (χ4n) is 1.41.